The zero-order chi connectivity index (χ0) is 15.0. The molecule has 1 N–H and O–H groups in total. The SMILES string of the molecule is Cc1cc(C(=O)NC(C)(C)C)cc(S(=O)(=O)Cl)c1Cl. The molecule has 0 fully saturated rings. The van der Waals surface area contributed by atoms with E-state index in [2.05, 4.69) is 5.32 Å². The Labute approximate surface area is 122 Å². The van der Waals surface area contributed by atoms with Crippen molar-refractivity contribution >= 4 is 37.2 Å². The minimum atomic E-state index is -4.00. The van der Waals surface area contributed by atoms with Crippen LogP contribution in [0.4, 0.5) is 0 Å². The fraction of sp³-hybridized carbons (Fsp3) is 0.417. The molecule has 0 saturated carbocycles. The Balaban J connectivity index is 3.33. The van der Waals surface area contributed by atoms with Gasteiger partial charge in [0.15, 0.2) is 0 Å². The maximum absolute atomic E-state index is 12.0. The highest BCUT2D eigenvalue weighted by Crippen LogP contribution is 2.29. The molecule has 1 rings (SSSR count). The zero-order valence-corrected chi connectivity index (χ0v) is 13.4. The lowest BCUT2D eigenvalue weighted by Gasteiger charge is -2.21. The normalized spacial score (nSPS) is 12.3. The first-order valence-corrected chi connectivity index (χ1v) is 8.18. The average molecular weight is 324 g/mol. The quantitative estimate of drug-likeness (QED) is 0.850. The lowest BCUT2D eigenvalue weighted by atomic mass is 10.1. The Morgan fingerprint density at radius 2 is 1.79 bits per heavy atom. The third-order valence-electron chi connectivity index (χ3n) is 2.23. The molecule has 0 atom stereocenters. The van der Waals surface area contributed by atoms with Crippen molar-refractivity contribution < 1.29 is 13.2 Å². The zero-order valence-electron chi connectivity index (χ0n) is 11.0. The summed E-state index contributed by atoms with van der Waals surface area (Å²) in [7, 11) is 1.31. The van der Waals surface area contributed by atoms with Crippen molar-refractivity contribution in [2.75, 3.05) is 0 Å². The second-order valence-corrected chi connectivity index (χ2v) is 8.16. The fourth-order valence-electron chi connectivity index (χ4n) is 1.46. The number of hydrogen-bond donors (Lipinski definition) is 1. The molecule has 4 nitrogen and oxygen atoms in total. The Morgan fingerprint density at radius 1 is 1.26 bits per heavy atom. The molecular formula is C12H15Cl2NO3S. The Bertz CT molecular complexity index is 619. The molecule has 0 aliphatic rings. The molecule has 106 valence electrons. The summed E-state index contributed by atoms with van der Waals surface area (Å²) in [5.41, 5.74) is 0.253. The fourth-order valence-corrected chi connectivity index (χ4v) is 3.00. The molecular weight excluding hydrogens is 309 g/mol. The summed E-state index contributed by atoms with van der Waals surface area (Å²) in [4.78, 5) is 11.8. The summed E-state index contributed by atoms with van der Waals surface area (Å²) in [5, 5.41) is 2.77. The van der Waals surface area contributed by atoms with Gasteiger partial charge in [-0.2, -0.15) is 0 Å². The first-order chi connectivity index (χ1) is 8.42. The van der Waals surface area contributed by atoms with E-state index < -0.39 is 14.6 Å². The van der Waals surface area contributed by atoms with E-state index in [4.69, 9.17) is 22.3 Å². The van der Waals surface area contributed by atoms with Gasteiger partial charge in [0.05, 0.1) is 5.02 Å². The Morgan fingerprint density at radius 3 is 2.21 bits per heavy atom. The van der Waals surface area contributed by atoms with E-state index in [-0.39, 0.29) is 21.4 Å². The molecule has 0 aromatic heterocycles. The van der Waals surface area contributed by atoms with E-state index in [9.17, 15) is 13.2 Å². The van der Waals surface area contributed by atoms with E-state index >= 15 is 0 Å². The van der Waals surface area contributed by atoms with Crippen LogP contribution in [-0.4, -0.2) is 19.9 Å². The molecule has 0 radical (unpaired) electrons. The number of nitrogens with one attached hydrogen (secondary N) is 1. The molecule has 1 aromatic carbocycles. The number of amides is 1. The maximum atomic E-state index is 12.0. The molecule has 0 heterocycles. The highest BCUT2D eigenvalue weighted by atomic mass is 35.7. The van der Waals surface area contributed by atoms with E-state index in [1.54, 1.807) is 6.92 Å². The number of halogens is 2. The first kappa shape index (κ1) is 16.3. The first-order valence-electron chi connectivity index (χ1n) is 5.49. The van der Waals surface area contributed by atoms with Gasteiger partial charge < -0.3 is 5.32 Å². The van der Waals surface area contributed by atoms with Gasteiger partial charge in [0, 0.05) is 21.8 Å². The number of carbonyl (C=O) groups is 1. The van der Waals surface area contributed by atoms with Crippen molar-refractivity contribution in [2.45, 2.75) is 38.1 Å². The molecule has 7 heteroatoms. The van der Waals surface area contributed by atoms with E-state index in [0.717, 1.165) is 0 Å². The minimum absolute atomic E-state index is 0.0299. The Kier molecular flexibility index (Phi) is 4.55. The predicted octanol–water partition coefficient (Wildman–Crippen LogP) is 3.10. The summed E-state index contributed by atoms with van der Waals surface area (Å²) in [6, 6.07) is 2.70. The van der Waals surface area contributed by atoms with E-state index in [1.807, 2.05) is 20.8 Å². The molecule has 0 aliphatic carbocycles. The Hall–Kier alpha value is -0.780. The van der Waals surface area contributed by atoms with Gasteiger partial charge in [-0.25, -0.2) is 8.42 Å². The van der Waals surface area contributed by atoms with Crippen molar-refractivity contribution in [1.82, 2.24) is 5.32 Å². The minimum Gasteiger partial charge on any atom is -0.347 e. The molecule has 1 aromatic rings. The van der Waals surface area contributed by atoms with Crippen LogP contribution in [0, 0.1) is 6.92 Å². The smallest absolute Gasteiger partial charge is 0.262 e. The maximum Gasteiger partial charge on any atom is 0.262 e. The van der Waals surface area contributed by atoms with Gasteiger partial charge in [-0.05, 0) is 45.4 Å². The molecule has 0 saturated heterocycles. The van der Waals surface area contributed by atoms with Crippen LogP contribution in [0.3, 0.4) is 0 Å². The van der Waals surface area contributed by atoms with Crippen molar-refractivity contribution in [2.24, 2.45) is 0 Å². The largest absolute Gasteiger partial charge is 0.347 e. The van der Waals surface area contributed by atoms with E-state index in [1.165, 1.54) is 12.1 Å². The molecule has 0 unspecified atom stereocenters. The second-order valence-electron chi connectivity index (χ2n) is 5.25. The average Bonchev–Trinajstić information content (AvgIpc) is 2.17. The topological polar surface area (TPSA) is 63.2 Å². The van der Waals surface area contributed by atoms with Crippen LogP contribution in [0.2, 0.25) is 5.02 Å². The van der Waals surface area contributed by atoms with Gasteiger partial charge in [0.1, 0.15) is 4.90 Å². The van der Waals surface area contributed by atoms with Crippen LogP contribution in [0.25, 0.3) is 0 Å². The number of hydrogen-bond acceptors (Lipinski definition) is 3. The second kappa shape index (κ2) is 5.31. The molecule has 1 amide bonds. The number of carbonyl (C=O) groups excluding carboxylic acids is 1. The molecule has 0 bridgehead atoms. The van der Waals surface area contributed by atoms with Gasteiger partial charge in [-0.1, -0.05) is 11.6 Å². The van der Waals surface area contributed by atoms with Gasteiger partial charge in [-0.15, -0.1) is 0 Å². The monoisotopic (exact) mass is 323 g/mol. The summed E-state index contributed by atoms with van der Waals surface area (Å²) in [5.74, 6) is -0.381. The molecule has 19 heavy (non-hydrogen) atoms. The highest BCUT2D eigenvalue weighted by molar-refractivity contribution is 8.13. The van der Waals surface area contributed by atoms with Gasteiger partial charge >= 0.3 is 0 Å². The third kappa shape index (κ3) is 4.37. The van der Waals surface area contributed by atoms with Gasteiger partial charge in [0.2, 0.25) is 0 Å². The van der Waals surface area contributed by atoms with Gasteiger partial charge in [0.25, 0.3) is 15.0 Å². The van der Waals surface area contributed by atoms with E-state index in [0.29, 0.717) is 5.56 Å². The summed E-state index contributed by atoms with van der Waals surface area (Å²) in [6.45, 7) is 7.09. The van der Waals surface area contributed by atoms with Crippen LogP contribution in [0.5, 0.6) is 0 Å². The lowest BCUT2D eigenvalue weighted by Crippen LogP contribution is -2.40. The summed E-state index contributed by atoms with van der Waals surface area (Å²) in [6.07, 6.45) is 0. The van der Waals surface area contributed by atoms with Crippen molar-refractivity contribution in [1.29, 1.82) is 0 Å². The van der Waals surface area contributed by atoms with Crippen molar-refractivity contribution in [3.63, 3.8) is 0 Å². The lowest BCUT2D eigenvalue weighted by molar-refractivity contribution is 0.0919. The van der Waals surface area contributed by atoms with Crippen molar-refractivity contribution in [3.8, 4) is 0 Å². The number of benzene rings is 1. The summed E-state index contributed by atoms with van der Waals surface area (Å²) < 4.78 is 22.8. The van der Waals surface area contributed by atoms with Crippen LogP contribution in [0.1, 0.15) is 36.7 Å². The van der Waals surface area contributed by atoms with Crippen molar-refractivity contribution in [3.05, 3.63) is 28.3 Å². The summed E-state index contributed by atoms with van der Waals surface area (Å²) >= 11 is 5.89. The van der Waals surface area contributed by atoms with Crippen LogP contribution in [-0.2, 0) is 9.05 Å². The van der Waals surface area contributed by atoms with Crippen LogP contribution < -0.4 is 5.32 Å². The highest BCUT2D eigenvalue weighted by Gasteiger charge is 2.21. The molecule has 0 spiro atoms. The molecule has 0 aliphatic heterocycles. The van der Waals surface area contributed by atoms with Gasteiger partial charge in [-0.3, -0.25) is 4.79 Å². The van der Waals surface area contributed by atoms with Crippen LogP contribution >= 0.6 is 22.3 Å². The number of aryl methyl sites for hydroxylation is 1. The standard InChI is InChI=1S/C12H15Cl2NO3S/c1-7-5-8(11(16)15-12(2,3)4)6-9(10(7)13)19(14,17)18/h5-6H,1-4H3,(H,15,16). The third-order valence-corrected chi connectivity index (χ3v) is 4.19. The number of rotatable bonds is 2. The predicted molar refractivity (Wildman–Crippen MR) is 76.4 cm³/mol. The van der Waals surface area contributed by atoms with Crippen LogP contribution in [0.15, 0.2) is 17.0 Å².